The van der Waals surface area contributed by atoms with Crippen LogP contribution in [0.3, 0.4) is 0 Å². The average Bonchev–Trinajstić information content (AvgIpc) is 3.53. The molecule has 3 aromatic carbocycles. The third kappa shape index (κ3) is 9.23. The Morgan fingerprint density at radius 2 is 1.41 bits per heavy atom. The van der Waals surface area contributed by atoms with Gasteiger partial charge in [0.1, 0.15) is 21.8 Å². The van der Waals surface area contributed by atoms with E-state index in [1.165, 1.54) is 44.1 Å². The molecule has 0 saturated heterocycles. The maximum atomic E-state index is 13.0. The lowest BCUT2D eigenvalue weighted by atomic mass is 9.86. The van der Waals surface area contributed by atoms with E-state index in [2.05, 4.69) is 43.2 Å². The molecule has 0 saturated carbocycles. The monoisotopic (exact) mass is 613 g/mol. The van der Waals surface area contributed by atoms with Crippen molar-refractivity contribution in [2.75, 3.05) is 13.7 Å². The van der Waals surface area contributed by atoms with Crippen LogP contribution in [0.2, 0.25) is 0 Å². The van der Waals surface area contributed by atoms with Crippen LogP contribution in [0.4, 0.5) is 0 Å². The average molecular weight is 614 g/mol. The van der Waals surface area contributed by atoms with Crippen LogP contribution in [0.15, 0.2) is 72.8 Å². The van der Waals surface area contributed by atoms with Gasteiger partial charge in [-0.3, -0.25) is 4.79 Å². The normalized spacial score (nSPS) is 12.0. The number of rotatable bonds is 14. The summed E-state index contributed by atoms with van der Waals surface area (Å²) < 4.78 is 10.9. The molecule has 1 unspecified atom stereocenters. The zero-order chi connectivity index (χ0) is 31.5. The lowest BCUT2D eigenvalue weighted by molar-refractivity contribution is -0.142. The number of ether oxygens (including phenoxy) is 2. The first-order chi connectivity index (χ1) is 21.2. The van der Waals surface area contributed by atoms with E-state index >= 15 is 0 Å². The molecule has 232 valence electrons. The summed E-state index contributed by atoms with van der Waals surface area (Å²) in [6, 6.07) is 22.4. The molecule has 1 heterocycles. The first kappa shape index (κ1) is 32.9. The van der Waals surface area contributed by atoms with Gasteiger partial charge in [0, 0.05) is 23.1 Å². The number of benzene rings is 3. The van der Waals surface area contributed by atoms with Crippen molar-refractivity contribution in [3.05, 3.63) is 89.5 Å². The van der Waals surface area contributed by atoms with Gasteiger partial charge in [-0.15, -0.1) is 10.2 Å². The molecule has 0 radical (unpaired) electrons. The van der Waals surface area contributed by atoms with Gasteiger partial charge < -0.3 is 14.8 Å². The molecule has 1 N–H and O–H groups in total. The molecule has 1 aromatic heterocycles. The van der Waals surface area contributed by atoms with Crippen LogP contribution >= 0.6 is 11.3 Å². The second-order valence-electron chi connectivity index (χ2n) is 12.0. The number of esters is 1. The standard InChI is InChI=1S/C36H43N3O4S/c1-6-7-8-9-10-23-43-30-21-17-28(18-22-30)34-39-38-33(44-34)27-13-11-25(12-14-27)24-31(35(41)42-5)37-32(40)26-15-19-29(20-16-26)36(2,3)4/h11-22,31H,6-10,23-24H2,1-5H3,(H,37,40). The Kier molecular flexibility index (Phi) is 11.7. The number of hydrogen-bond donors (Lipinski definition) is 1. The van der Waals surface area contributed by atoms with Gasteiger partial charge in [-0.25, -0.2) is 4.79 Å². The van der Waals surface area contributed by atoms with Gasteiger partial charge in [0.2, 0.25) is 0 Å². The predicted octanol–water partition coefficient (Wildman–Crippen LogP) is 8.03. The highest BCUT2D eigenvalue weighted by molar-refractivity contribution is 7.17. The fourth-order valence-corrected chi connectivity index (χ4v) is 5.62. The highest BCUT2D eigenvalue weighted by atomic mass is 32.1. The molecule has 4 rings (SSSR count). The Morgan fingerprint density at radius 3 is 1.98 bits per heavy atom. The van der Waals surface area contributed by atoms with E-state index in [4.69, 9.17) is 9.47 Å². The third-order valence-electron chi connectivity index (χ3n) is 7.49. The Balaban J connectivity index is 1.35. The largest absolute Gasteiger partial charge is 0.494 e. The van der Waals surface area contributed by atoms with Gasteiger partial charge in [0.05, 0.1) is 13.7 Å². The molecule has 0 aliphatic rings. The van der Waals surface area contributed by atoms with Crippen LogP contribution in [0.1, 0.15) is 81.3 Å². The van der Waals surface area contributed by atoms with Gasteiger partial charge >= 0.3 is 5.97 Å². The van der Waals surface area contributed by atoms with Crippen molar-refractivity contribution in [2.24, 2.45) is 0 Å². The van der Waals surface area contributed by atoms with Crippen LogP contribution in [-0.4, -0.2) is 41.8 Å². The van der Waals surface area contributed by atoms with E-state index in [1.807, 2.05) is 60.7 Å². The van der Waals surface area contributed by atoms with Crippen molar-refractivity contribution in [1.82, 2.24) is 15.5 Å². The fourth-order valence-electron chi connectivity index (χ4n) is 4.76. The van der Waals surface area contributed by atoms with Crippen molar-refractivity contribution >= 4 is 23.2 Å². The summed E-state index contributed by atoms with van der Waals surface area (Å²) in [5.41, 5.74) is 4.42. The predicted molar refractivity (Wildman–Crippen MR) is 177 cm³/mol. The van der Waals surface area contributed by atoms with E-state index in [9.17, 15) is 9.59 Å². The quantitative estimate of drug-likeness (QED) is 0.114. The second-order valence-corrected chi connectivity index (χ2v) is 13.0. The maximum absolute atomic E-state index is 13.0. The number of amides is 1. The zero-order valence-electron chi connectivity index (χ0n) is 26.4. The van der Waals surface area contributed by atoms with Crippen molar-refractivity contribution in [1.29, 1.82) is 0 Å². The topological polar surface area (TPSA) is 90.4 Å². The molecular formula is C36H43N3O4S. The Hall–Kier alpha value is -4.04. The van der Waals surface area contributed by atoms with Crippen LogP contribution in [0.25, 0.3) is 21.1 Å². The summed E-state index contributed by atoms with van der Waals surface area (Å²) in [4.78, 5) is 25.5. The summed E-state index contributed by atoms with van der Waals surface area (Å²) in [7, 11) is 1.33. The molecule has 1 amide bonds. The van der Waals surface area contributed by atoms with Crippen molar-refractivity contribution in [3.63, 3.8) is 0 Å². The molecule has 0 aliphatic heterocycles. The Bertz CT molecular complexity index is 1490. The number of carbonyl (C=O) groups is 2. The summed E-state index contributed by atoms with van der Waals surface area (Å²) in [5.74, 6) is 0.0521. The molecule has 8 heteroatoms. The summed E-state index contributed by atoms with van der Waals surface area (Å²) in [5, 5.41) is 13.3. The molecule has 0 bridgehead atoms. The SMILES string of the molecule is CCCCCCCOc1ccc(-c2nnc(-c3ccc(CC(NC(=O)c4ccc(C(C)(C)C)cc4)C(=O)OC)cc3)s2)cc1. The van der Waals surface area contributed by atoms with E-state index in [0.29, 0.717) is 12.0 Å². The van der Waals surface area contributed by atoms with Gasteiger partial charge in [-0.05, 0) is 59.4 Å². The molecule has 44 heavy (non-hydrogen) atoms. The number of methoxy groups -OCH3 is 1. The minimum Gasteiger partial charge on any atom is -0.494 e. The smallest absolute Gasteiger partial charge is 0.328 e. The highest BCUT2D eigenvalue weighted by Crippen LogP contribution is 2.31. The van der Waals surface area contributed by atoms with Gasteiger partial charge in [-0.2, -0.15) is 0 Å². The molecule has 7 nitrogen and oxygen atoms in total. The minimum absolute atomic E-state index is 0.0142. The highest BCUT2D eigenvalue weighted by Gasteiger charge is 2.23. The Morgan fingerprint density at radius 1 is 0.818 bits per heavy atom. The summed E-state index contributed by atoms with van der Waals surface area (Å²) in [6.07, 6.45) is 6.37. The maximum Gasteiger partial charge on any atom is 0.328 e. The van der Waals surface area contributed by atoms with Gasteiger partial charge in [0.15, 0.2) is 0 Å². The van der Waals surface area contributed by atoms with Crippen molar-refractivity contribution in [3.8, 4) is 26.9 Å². The lowest BCUT2D eigenvalue weighted by Gasteiger charge is -2.20. The lowest BCUT2D eigenvalue weighted by Crippen LogP contribution is -2.43. The molecule has 0 fully saturated rings. The number of aromatic nitrogens is 2. The molecule has 0 aliphatic carbocycles. The first-order valence-electron chi connectivity index (χ1n) is 15.3. The molecule has 1 atom stereocenters. The zero-order valence-corrected chi connectivity index (χ0v) is 27.2. The van der Waals surface area contributed by atoms with E-state index < -0.39 is 12.0 Å². The first-order valence-corrected chi connectivity index (χ1v) is 16.1. The molecular weight excluding hydrogens is 570 g/mol. The molecule has 0 spiro atoms. The number of nitrogens with zero attached hydrogens (tertiary/aromatic N) is 2. The van der Waals surface area contributed by atoms with Gasteiger partial charge in [0.25, 0.3) is 5.91 Å². The van der Waals surface area contributed by atoms with Crippen LogP contribution in [-0.2, 0) is 21.4 Å². The fraction of sp³-hybridized carbons (Fsp3) is 0.389. The van der Waals surface area contributed by atoms with Crippen molar-refractivity contribution in [2.45, 2.75) is 77.7 Å². The third-order valence-corrected chi connectivity index (χ3v) is 8.51. The summed E-state index contributed by atoms with van der Waals surface area (Å²) in [6.45, 7) is 9.32. The van der Waals surface area contributed by atoms with Gasteiger partial charge in [-0.1, -0.05) is 101 Å². The Labute approximate surface area is 265 Å². The second kappa shape index (κ2) is 15.6. The minimum atomic E-state index is -0.818. The van der Waals surface area contributed by atoms with Crippen LogP contribution in [0.5, 0.6) is 5.75 Å². The van der Waals surface area contributed by atoms with E-state index in [1.54, 1.807) is 12.1 Å². The van der Waals surface area contributed by atoms with E-state index in [-0.39, 0.29) is 11.3 Å². The number of nitrogens with one attached hydrogen (secondary N) is 1. The van der Waals surface area contributed by atoms with E-state index in [0.717, 1.165) is 51.0 Å². The number of unbranched alkanes of at least 4 members (excludes halogenated alkanes) is 4. The van der Waals surface area contributed by atoms with Crippen LogP contribution < -0.4 is 10.1 Å². The number of carbonyl (C=O) groups excluding carboxylic acids is 2. The summed E-state index contributed by atoms with van der Waals surface area (Å²) >= 11 is 1.52. The number of hydrogen-bond acceptors (Lipinski definition) is 7. The molecule has 4 aromatic rings. The van der Waals surface area contributed by atoms with Crippen molar-refractivity contribution < 1.29 is 19.1 Å². The van der Waals surface area contributed by atoms with Crippen LogP contribution in [0, 0.1) is 0 Å².